The van der Waals surface area contributed by atoms with Gasteiger partial charge in [0.2, 0.25) is 0 Å². The van der Waals surface area contributed by atoms with E-state index in [4.69, 9.17) is 3.76 Å². The maximum absolute atomic E-state index is 4.91. The molecule has 0 aliphatic carbocycles. The molecule has 0 N–H and O–H groups in total. The molecule has 2 heteroatoms. The maximum atomic E-state index is 4.91. The number of hydrogen-bond acceptors (Lipinski definition) is 1. The van der Waals surface area contributed by atoms with Crippen molar-refractivity contribution in [3.8, 4) is 5.75 Å². The molecule has 0 saturated heterocycles. The van der Waals surface area contributed by atoms with Gasteiger partial charge in [-0.2, -0.15) is 0 Å². The molecular formula is C6H5GeO. The van der Waals surface area contributed by atoms with Crippen molar-refractivity contribution >= 4 is 16.9 Å². The zero-order valence-electron chi connectivity index (χ0n) is 4.29. The fourth-order valence-corrected chi connectivity index (χ4v) is 0.774. The summed E-state index contributed by atoms with van der Waals surface area (Å²) in [6.45, 7) is 0. The van der Waals surface area contributed by atoms with Crippen molar-refractivity contribution in [2.45, 2.75) is 0 Å². The second kappa shape index (κ2) is 2.77. The van der Waals surface area contributed by atoms with Crippen LogP contribution in [0.4, 0.5) is 0 Å². The first-order chi connectivity index (χ1) is 3.93. The molecule has 0 bridgehead atoms. The van der Waals surface area contributed by atoms with Gasteiger partial charge in [-0.15, -0.1) is 0 Å². The third kappa shape index (κ3) is 1.27. The van der Waals surface area contributed by atoms with Crippen LogP contribution in [0, 0.1) is 0 Å². The Morgan fingerprint density at radius 1 is 1.12 bits per heavy atom. The van der Waals surface area contributed by atoms with Gasteiger partial charge in [0.25, 0.3) is 0 Å². The molecule has 0 atom stereocenters. The zero-order chi connectivity index (χ0) is 5.82. The van der Waals surface area contributed by atoms with Gasteiger partial charge in [0, 0.05) is 0 Å². The van der Waals surface area contributed by atoms with Gasteiger partial charge in [0.05, 0.1) is 0 Å². The van der Waals surface area contributed by atoms with E-state index in [2.05, 4.69) is 0 Å². The first-order valence-corrected chi connectivity index (χ1v) is 3.18. The predicted molar refractivity (Wildman–Crippen MR) is 32.8 cm³/mol. The van der Waals surface area contributed by atoms with Crippen molar-refractivity contribution in [1.82, 2.24) is 0 Å². The van der Waals surface area contributed by atoms with E-state index in [1.54, 1.807) is 16.9 Å². The normalized spacial score (nSPS) is 8.62. The van der Waals surface area contributed by atoms with E-state index in [1.807, 2.05) is 30.3 Å². The van der Waals surface area contributed by atoms with Gasteiger partial charge in [0.15, 0.2) is 0 Å². The van der Waals surface area contributed by atoms with E-state index in [-0.39, 0.29) is 0 Å². The van der Waals surface area contributed by atoms with Crippen molar-refractivity contribution < 1.29 is 3.76 Å². The molecule has 0 unspecified atom stereocenters. The molecule has 1 nitrogen and oxygen atoms in total. The van der Waals surface area contributed by atoms with Crippen molar-refractivity contribution in [2.75, 3.05) is 0 Å². The molecule has 0 aliphatic rings. The molecule has 0 heterocycles. The van der Waals surface area contributed by atoms with E-state index in [0.717, 1.165) is 5.75 Å². The summed E-state index contributed by atoms with van der Waals surface area (Å²) in [6.07, 6.45) is 0. The van der Waals surface area contributed by atoms with Gasteiger partial charge < -0.3 is 0 Å². The van der Waals surface area contributed by atoms with E-state index in [0.29, 0.717) is 0 Å². The standard InChI is InChI=1S/C6H5GeO/c7-8-6-4-2-1-3-5-6/h1-5H. The van der Waals surface area contributed by atoms with Gasteiger partial charge in [-0.05, 0) is 0 Å². The topological polar surface area (TPSA) is 9.23 Å². The molecule has 1 aromatic rings. The molecule has 3 radical (unpaired) electrons. The molecule has 39 valence electrons. The second-order valence-corrected chi connectivity index (χ2v) is 1.84. The molecule has 0 aromatic heterocycles. The van der Waals surface area contributed by atoms with Gasteiger partial charge in [0.1, 0.15) is 0 Å². The van der Waals surface area contributed by atoms with E-state index >= 15 is 0 Å². The quantitative estimate of drug-likeness (QED) is 0.568. The van der Waals surface area contributed by atoms with Crippen LogP contribution in [-0.4, -0.2) is 16.9 Å². The van der Waals surface area contributed by atoms with E-state index < -0.39 is 0 Å². The van der Waals surface area contributed by atoms with E-state index in [1.165, 1.54) is 0 Å². The van der Waals surface area contributed by atoms with Crippen LogP contribution in [0.5, 0.6) is 5.75 Å². The Morgan fingerprint density at radius 3 is 2.12 bits per heavy atom. The summed E-state index contributed by atoms with van der Waals surface area (Å²) in [7, 11) is 0. The van der Waals surface area contributed by atoms with Crippen LogP contribution < -0.4 is 3.76 Å². The summed E-state index contributed by atoms with van der Waals surface area (Å²) in [6, 6.07) is 9.68. The van der Waals surface area contributed by atoms with Crippen LogP contribution in [0.25, 0.3) is 0 Å². The van der Waals surface area contributed by atoms with E-state index in [9.17, 15) is 0 Å². The zero-order valence-corrected chi connectivity index (χ0v) is 6.39. The molecule has 1 rings (SSSR count). The van der Waals surface area contributed by atoms with Gasteiger partial charge in [-0.25, -0.2) is 0 Å². The molecule has 8 heavy (non-hydrogen) atoms. The van der Waals surface area contributed by atoms with Crippen LogP contribution in [0.2, 0.25) is 0 Å². The Bertz CT molecular complexity index is 150. The number of para-hydroxylation sites is 1. The minimum atomic E-state index is 0.910. The molecule has 0 saturated carbocycles. The summed E-state index contributed by atoms with van der Waals surface area (Å²) >= 11 is 1.66. The fourth-order valence-electron chi connectivity index (χ4n) is 0.489. The summed E-state index contributed by atoms with van der Waals surface area (Å²) < 4.78 is 4.91. The van der Waals surface area contributed by atoms with Crippen molar-refractivity contribution in [1.29, 1.82) is 0 Å². The van der Waals surface area contributed by atoms with Crippen molar-refractivity contribution in [3.05, 3.63) is 30.3 Å². The SMILES string of the molecule is [Ge][O]c1ccccc1. The Morgan fingerprint density at radius 2 is 1.75 bits per heavy atom. The number of benzene rings is 1. The Labute approximate surface area is 57.2 Å². The van der Waals surface area contributed by atoms with Gasteiger partial charge in [-0.1, -0.05) is 0 Å². The minimum absolute atomic E-state index is 0.910. The van der Waals surface area contributed by atoms with Crippen molar-refractivity contribution in [2.24, 2.45) is 0 Å². The second-order valence-electron chi connectivity index (χ2n) is 1.42. The molecule has 0 spiro atoms. The monoisotopic (exact) mass is 167 g/mol. The number of hydrogen-bond donors (Lipinski definition) is 0. The molecule has 0 aliphatic heterocycles. The Balaban J connectivity index is 2.83. The summed E-state index contributed by atoms with van der Waals surface area (Å²) in [5.41, 5.74) is 0. The summed E-state index contributed by atoms with van der Waals surface area (Å²) in [5, 5.41) is 0. The van der Waals surface area contributed by atoms with Crippen LogP contribution in [0.3, 0.4) is 0 Å². The Hall–Kier alpha value is -0.437. The van der Waals surface area contributed by atoms with Gasteiger partial charge >= 0.3 is 56.7 Å². The average Bonchev–Trinajstić information content (AvgIpc) is 1.90. The van der Waals surface area contributed by atoms with Crippen LogP contribution in [0.15, 0.2) is 30.3 Å². The third-order valence-electron chi connectivity index (χ3n) is 0.861. The van der Waals surface area contributed by atoms with Crippen molar-refractivity contribution in [3.63, 3.8) is 0 Å². The molecule has 1 aromatic carbocycles. The first-order valence-electron chi connectivity index (χ1n) is 2.32. The molecule has 0 fully saturated rings. The van der Waals surface area contributed by atoms with Crippen LogP contribution in [0.1, 0.15) is 0 Å². The van der Waals surface area contributed by atoms with Gasteiger partial charge in [-0.3, -0.25) is 0 Å². The Kier molecular flexibility index (Phi) is 1.97. The predicted octanol–water partition coefficient (Wildman–Crippen LogP) is 1.15. The van der Waals surface area contributed by atoms with Crippen LogP contribution in [-0.2, 0) is 0 Å². The first kappa shape index (κ1) is 5.70. The van der Waals surface area contributed by atoms with Crippen LogP contribution >= 0.6 is 0 Å². The average molecular weight is 166 g/mol. The summed E-state index contributed by atoms with van der Waals surface area (Å²) in [4.78, 5) is 0. The fraction of sp³-hybridized carbons (Fsp3) is 0. The molecule has 0 amide bonds. The summed E-state index contributed by atoms with van der Waals surface area (Å²) in [5.74, 6) is 0.910. The molecular weight excluding hydrogens is 161 g/mol. The number of rotatable bonds is 1. The third-order valence-corrected chi connectivity index (χ3v) is 1.36.